The number of amides is 2. The number of hydrogen-bond donors (Lipinski definition) is 1. The van der Waals surface area contributed by atoms with Gasteiger partial charge in [0.05, 0.1) is 6.04 Å². The molecule has 1 atom stereocenters. The van der Waals surface area contributed by atoms with E-state index in [9.17, 15) is 9.59 Å². The molecule has 138 valence electrons. The number of carbonyl (C=O) groups is 2. The lowest BCUT2D eigenvalue weighted by Gasteiger charge is -2.36. The van der Waals surface area contributed by atoms with E-state index in [4.69, 9.17) is 9.47 Å². The average molecular weight is 348 g/mol. The largest absolute Gasteiger partial charge is 0.445 e. The van der Waals surface area contributed by atoms with Crippen LogP contribution in [0.2, 0.25) is 0 Å². The normalized spacial score (nSPS) is 17.7. The number of likely N-dealkylation sites (tertiary alicyclic amines) is 1. The molecule has 0 bridgehead atoms. The summed E-state index contributed by atoms with van der Waals surface area (Å²) in [5.74, 6) is 0. The lowest BCUT2D eigenvalue weighted by atomic mass is 10.0. The zero-order chi connectivity index (χ0) is 18.3. The van der Waals surface area contributed by atoms with E-state index in [1.807, 2.05) is 51.1 Å². The van der Waals surface area contributed by atoms with Crippen LogP contribution in [-0.2, 0) is 16.1 Å². The number of hydrogen-bond acceptors (Lipinski definition) is 4. The van der Waals surface area contributed by atoms with Gasteiger partial charge in [-0.2, -0.15) is 0 Å². The van der Waals surface area contributed by atoms with Crippen LogP contribution < -0.4 is 5.32 Å². The molecule has 1 aliphatic rings. The standard InChI is InChI=1S/C19H28N2O4/c1-19(2,3)25-18(23)21-12-8-7-11-16(21)13-20-17(22)24-14-15-9-5-4-6-10-15/h4-6,9-10,16H,7-8,11-14H2,1-3H3,(H,20,22). The molecule has 6 heteroatoms. The Morgan fingerprint density at radius 2 is 1.92 bits per heavy atom. The Morgan fingerprint density at radius 3 is 2.60 bits per heavy atom. The highest BCUT2D eigenvalue weighted by Gasteiger charge is 2.30. The van der Waals surface area contributed by atoms with Crippen molar-refractivity contribution in [3.63, 3.8) is 0 Å². The van der Waals surface area contributed by atoms with Gasteiger partial charge in [-0.3, -0.25) is 0 Å². The van der Waals surface area contributed by atoms with Crippen LogP contribution in [0.1, 0.15) is 45.6 Å². The molecule has 1 aromatic rings. The molecule has 0 saturated carbocycles. The van der Waals surface area contributed by atoms with E-state index >= 15 is 0 Å². The second kappa shape index (κ2) is 8.74. The Balaban J connectivity index is 1.80. The van der Waals surface area contributed by atoms with Crippen molar-refractivity contribution >= 4 is 12.2 Å². The molecular formula is C19H28N2O4. The van der Waals surface area contributed by atoms with Crippen LogP contribution >= 0.6 is 0 Å². The first-order valence-corrected chi connectivity index (χ1v) is 8.79. The van der Waals surface area contributed by atoms with Gasteiger partial charge < -0.3 is 19.7 Å². The quantitative estimate of drug-likeness (QED) is 0.901. The van der Waals surface area contributed by atoms with Crippen molar-refractivity contribution in [1.82, 2.24) is 10.2 Å². The van der Waals surface area contributed by atoms with Crippen molar-refractivity contribution in [1.29, 1.82) is 0 Å². The van der Waals surface area contributed by atoms with Gasteiger partial charge in [0, 0.05) is 13.1 Å². The van der Waals surface area contributed by atoms with Gasteiger partial charge in [0.1, 0.15) is 12.2 Å². The smallest absolute Gasteiger partial charge is 0.410 e. The second-order valence-electron chi connectivity index (χ2n) is 7.27. The van der Waals surface area contributed by atoms with Gasteiger partial charge in [-0.05, 0) is 45.6 Å². The summed E-state index contributed by atoms with van der Waals surface area (Å²) in [5.41, 5.74) is 0.409. The van der Waals surface area contributed by atoms with Crippen LogP contribution in [0.15, 0.2) is 30.3 Å². The molecule has 2 amide bonds. The van der Waals surface area contributed by atoms with Crippen LogP contribution in [0.5, 0.6) is 0 Å². The van der Waals surface area contributed by atoms with Crippen molar-refractivity contribution in [2.45, 2.75) is 58.3 Å². The average Bonchev–Trinajstić information content (AvgIpc) is 2.58. The van der Waals surface area contributed by atoms with Gasteiger partial charge in [-0.15, -0.1) is 0 Å². The molecule has 0 radical (unpaired) electrons. The summed E-state index contributed by atoms with van der Waals surface area (Å²) in [6.07, 6.45) is 2.03. The number of benzene rings is 1. The highest BCUT2D eigenvalue weighted by Crippen LogP contribution is 2.20. The van der Waals surface area contributed by atoms with E-state index in [0.717, 1.165) is 24.8 Å². The molecule has 2 rings (SSSR count). The van der Waals surface area contributed by atoms with Crippen LogP contribution in [0.3, 0.4) is 0 Å². The number of nitrogens with zero attached hydrogens (tertiary/aromatic N) is 1. The first-order valence-electron chi connectivity index (χ1n) is 8.79. The van der Waals surface area contributed by atoms with E-state index < -0.39 is 11.7 Å². The van der Waals surface area contributed by atoms with E-state index in [0.29, 0.717) is 13.1 Å². The van der Waals surface area contributed by atoms with Gasteiger partial charge in [0.2, 0.25) is 0 Å². The molecule has 0 spiro atoms. The molecule has 1 fully saturated rings. The zero-order valence-electron chi connectivity index (χ0n) is 15.3. The number of piperidine rings is 1. The maximum Gasteiger partial charge on any atom is 0.410 e. The fourth-order valence-corrected chi connectivity index (χ4v) is 2.75. The molecule has 1 saturated heterocycles. The molecule has 1 unspecified atom stereocenters. The summed E-state index contributed by atoms with van der Waals surface area (Å²) in [5, 5.41) is 2.76. The minimum absolute atomic E-state index is 0.0622. The third-order valence-electron chi connectivity index (χ3n) is 3.95. The van der Waals surface area contributed by atoms with Gasteiger partial charge in [-0.1, -0.05) is 30.3 Å². The fraction of sp³-hybridized carbons (Fsp3) is 0.579. The van der Waals surface area contributed by atoms with Gasteiger partial charge >= 0.3 is 12.2 Å². The topological polar surface area (TPSA) is 67.9 Å². The summed E-state index contributed by atoms with van der Waals surface area (Å²) >= 11 is 0. The number of nitrogens with one attached hydrogen (secondary N) is 1. The molecule has 1 aromatic carbocycles. The van der Waals surface area contributed by atoms with Gasteiger partial charge in [0.15, 0.2) is 0 Å². The molecule has 25 heavy (non-hydrogen) atoms. The minimum atomic E-state index is -0.527. The van der Waals surface area contributed by atoms with Crippen molar-refractivity contribution in [3.8, 4) is 0 Å². The lowest BCUT2D eigenvalue weighted by Crippen LogP contribution is -2.50. The maximum absolute atomic E-state index is 12.3. The second-order valence-corrected chi connectivity index (χ2v) is 7.27. The van der Waals surface area contributed by atoms with E-state index in [-0.39, 0.29) is 18.7 Å². The number of rotatable bonds is 4. The van der Waals surface area contributed by atoms with Crippen LogP contribution in [0.4, 0.5) is 9.59 Å². The number of carbonyl (C=O) groups excluding carboxylic acids is 2. The van der Waals surface area contributed by atoms with Crippen molar-refractivity contribution in [2.75, 3.05) is 13.1 Å². The molecular weight excluding hydrogens is 320 g/mol. The van der Waals surface area contributed by atoms with Crippen molar-refractivity contribution < 1.29 is 19.1 Å². The third-order valence-corrected chi connectivity index (χ3v) is 3.95. The molecule has 0 aromatic heterocycles. The van der Waals surface area contributed by atoms with Crippen molar-refractivity contribution in [2.24, 2.45) is 0 Å². The highest BCUT2D eigenvalue weighted by atomic mass is 16.6. The molecule has 1 heterocycles. The fourth-order valence-electron chi connectivity index (χ4n) is 2.75. The molecule has 0 aliphatic carbocycles. The van der Waals surface area contributed by atoms with E-state index in [1.165, 1.54) is 0 Å². The predicted octanol–water partition coefficient (Wildman–Crippen LogP) is 3.70. The molecule has 1 N–H and O–H groups in total. The third kappa shape index (κ3) is 6.64. The van der Waals surface area contributed by atoms with Crippen LogP contribution in [0.25, 0.3) is 0 Å². The van der Waals surface area contributed by atoms with Crippen LogP contribution in [0, 0.1) is 0 Å². The van der Waals surface area contributed by atoms with Gasteiger partial charge in [0.25, 0.3) is 0 Å². The Morgan fingerprint density at radius 1 is 1.20 bits per heavy atom. The van der Waals surface area contributed by atoms with E-state index in [1.54, 1.807) is 4.90 Å². The minimum Gasteiger partial charge on any atom is -0.445 e. The van der Waals surface area contributed by atoms with Crippen LogP contribution in [-0.4, -0.2) is 41.8 Å². The Labute approximate surface area is 149 Å². The Bertz CT molecular complexity index is 569. The summed E-state index contributed by atoms with van der Waals surface area (Å²) < 4.78 is 10.7. The highest BCUT2D eigenvalue weighted by molar-refractivity contribution is 5.69. The lowest BCUT2D eigenvalue weighted by molar-refractivity contribution is 0.00973. The molecule has 6 nitrogen and oxygen atoms in total. The SMILES string of the molecule is CC(C)(C)OC(=O)N1CCCCC1CNC(=O)OCc1ccccc1. The van der Waals surface area contributed by atoms with Gasteiger partial charge in [-0.25, -0.2) is 9.59 Å². The summed E-state index contributed by atoms with van der Waals surface area (Å²) in [4.78, 5) is 26.0. The Kier molecular flexibility index (Phi) is 6.67. The predicted molar refractivity (Wildman–Crippen MR) is 95.2 cm³/mol. The summed E-state index contributed by atoms with van der Waals surface area (Å²) in [6, 6.07) is 9.46. The monoisotopic (exact) mass is 348 g/mol. The Hall–Kier alpha value is -2.24. The van der Waals surface area contributed by atoms with Crippen molar-refractivity contribution in [3.05, 3.63) is 35.9 Å². The first kappa shape index (κ1) is 19.1. The number of ether oxygens (including phenoxy) is 2. The summed E-state index contributed by atoms with van der Waals surface area (Å²) in [6.45, 7) is 6.80. The molecule has 1 aliphatic heterocycles. The zero-order valence-corrected chi connectivity index (χ0v) is 15.3. The first-order chi connectivity index (χ1) is 11.8. The number of alkyl carbamates (subject to hydrolysis) is 1. The maximum atomic E-state index is 12.3. The van der Waals surface area contributed by atoms with E-state index in [2.05, 4.69) is 5.32 Å². The summed E-state index contributed by atoms with van der Waals surface area (Å²) in [7, 11) is 0.